The van der Waals surface area contributed by atoms with E-state index in [4.69, 9.17) is 5.73 Å². The van der Waals surface area contributed by atoms with Crippen molar-refractivity contribution in [2.24, 2.45) is 5.73 Å². The topological polar surface area (TPSA) is 92.9 Å². The second-order valence-corrected chi connectivity index (χ2v) is 8.42. The molecule has 2 heterocycles. The van der Waals surface area contributed by atoms with Crippen molar-refractivity contribution < 1.29 is 13.6 Å². The molecule has 1 aliphatic rings. The molecule has 1 aliphatic heterocycles. The van der Waals surface area contributed by atoms with Crippen LogP contribution in [0.1, 0.15) is 23.6 Å². The molecule has 0 bridgehead atoms. The van der Waals surface area contributed by atoms with Crippen molar-refractivity contribution in [1.82, 2.24) is 10.2 Å². The van der Waals surface area contributed by atoms with Crippen molar-refractivity contribution in [2.45, 2.75) is 31.7 Å². The first-order valence-corrected chi connectivity index (χ1v) is 10.3. The van der Waals surface area contributed by atoms with Gasteiger partial charge >= 0.3 is 0 Å². The van der Waals surface area contributed by atoms with Crippen LogP contribution in [-0.2, 0) is 23.6 Å². The van der Waals surface area contributed by atoms with Gasteiger partial charge in [0.05, 0.1) is 6.42 Å². The number of aromatic nitrogens is 2. The number of nitrogens with zero attached hydrogens (tertiary/aromatic N) is 2. The molecule has 9 heteroatoms. The maximum atomic E-state index is 13.3. The number of carbonyl (C=O) groups excluding carboxylic acids is 1. The summed E-state index contributed by atoms with van der Waals surface area (Å²) in [6, 6.07) is 11.8. The van der Waals surface area contributed by atoms with Gasteiger partial charge in [0.1, 0.15) is 5.01 Å². The van der Waals surface area contributed by atoms with Crippen molar-refractivity contribution >= 4 is 28.1 Å². The number of halogens is 2. The molecule has 1 atom stereocenters. The van der Waals surface area contributed by atoms with Crippen LogP contribution < -0.4 is 16.4 Å². The quantitative estimate of drug-likeness (QED) is 0.531. The molecule has 0 unspecified atom stereocenters. The molecule has 1 amide bonds. The van der Waals surface area contributed by atoms with Crippen molar-refractivity contribution in [3.05, 3.63) is 59.2 Å². The predicted octanol–water partition coefficient (Wildman–Crippen LogP) is 3.79. The zero-order valence-corrected chi connectivity index (χ0v) is 17.1. The molecule has 3 aromatic rings. The van der Waals surface area contributed by atoms with Gasteiger partial charge in [0, 0.05) is 36.3 Å². The number of hydrogen-bond acceptors (Lipinski definition) is 6. The number of anilines is 2. The molecular weight excluding hydrogens is 408 g/mol. The number of carbonyl (C=O) groups is 1. The minimum absolute atomic E-state index is 0.00574. The average molecular weight is 429 g/mol. The van der Waals surface area contributed by atoms with Gasteiger partial charge in [0.15, 0.2) is 0 Å². The van der Waals surface area contributed by atoms with Crippen LogP contribution in [0, 0.1) is 0 Å². The molecule has 30 heavy (non-hydrogen) atoms. The van der Waals surface area contributed by atoms with Crippen LogP contribution in [0.15, 0.2) is 42.5 Å². The fourth-order valence-electron chi connectivity index (χ4n) is 3.30. The molecule has 0 saturated carbocycles. The van der Waals surface area contributed by atoms with E-state index >= 15 is 0 Å². The van der Waals surface area contributed by atoms with Gasteiger partial charge in [-0.1, -0.05) is 35.6 Å². The molecule has 4 N–H and O–H groups in total. The Morgan fingerprint density at radius 2 is 2.00 bits per heavy atom. The Balaban J connectivity index is 1.33. The van der Waals surface area contributed by atoms with E-state index in [1.165, 1.54) is 23.5 Å². The third-order valence-corrected chi connectivity index (χ3v) is 5.81. The lowest BCUT2D eigenvalue weighted by Gasteiger charge is -2.14. The maximum absolute atomic E-state index is 13.3. The third kappa shape index (κ3) is 4.63. The SMILES string of the molecule is CC(F)(F)c1ccc(C[C@H](N)CNc2nnc(-c3ccc4c(c3)CC(=O)N4)s2)cc1. The van der Waals surface area contributed by atoms with Gasteiger partial charge in [-0.25, -0.2) is 8.78 Å². The van der Waals surface area contributed by atoms with Crippen LogP contribution in [0.2, 0.25) is 0 Å². The highest BCUT2D eigenvalue weighted by Gasteiger charge is 2.23. The van der Waals surface area contributed by atoms with Crippen LogP contribution in [0.4, 0.5) is 19.6 Å². The molecule has 0 saturated heterocycles. The first kappa shape index (κ1) is 20.4. The van der Waals surface area contributed by atoms with E-state index in [0.29, 0.717) is 24.5 Å². The normalized spacial score (nSPS) is 14.3. The van der Waals surface area contributed by atoms with Gasteiger partial charge in [-0.15, -0.1) is 10.2 Å². The highest BCUT2D eigenvalue weighted by Crippen LogP contribution is 2.32. The monoisotopic (exact) mass is 429 g/mol. The summed E-state index contributed by atoms with van der Waals surface area (Å²) < 4.78 is 26.6. The number of hydrogen-bond donors (Lipinski definition) is 3. The van der Waals surface area contributed by atoms with E-state index in [9.17, 15) is 13.6 Å². The Kier molecular flexibility index (Phi) is 5.48. The molecule has 1 aromatic heterocycles. The van der Waals surface area contributed by atoms with E-state index in [0.717, 1.165) is 34.3 Å². The van der Waals surface area contributed by atoms with E-state index in [-0.39, 0.29) is 17.5 Å². The largest absolute Gasteiger partial charge is 0.359 e. The lowest BCUT2D eigenvalue weighted by Crippen LogP contribution is -2.31. The Labute approximate surface area is 176 Å². The summed E-state index contributed by atoms with van der Waals surface area (Å²) in [6.45, 7) is 1.36. The van der Waals surface area contributed by atoms with E-state index in [1.54, 1.807) is 12.1 Å². The predicted molar refractivity (Wildman–Crippen MR) is 114 cm³/mol. The number of alkyl halides is 2. The molecule has 4 rings (SSSR count). The van der Waals surface area contributed by atoms with Gasteiger partial charge in [0.25, 0.3) is 5.92 Å². The van der Waals surface area contributed by atoms with E-state index in [2.05, 4.69) is 20.8 Å². The molecule has 0 spiro atoms. The van der Waals surface area contributed by atoms with Crippen LogP contribution in [0.3, 0.4) is 0 Å². The number of nitrogens with one attached hydrogen (secondary N) is 2. The molecule has 0 fully saturated rings. The van der Waals surface area contributed by atoms with Gasteiger partial charge in [0.2, 0.25) is 11.0 Å². The highest BCUT2D eigenvalue weighted by atomic mass is 32.1. The molecule has 2 aromatic carbocycles. The van der Waals surface area contributed by atoms with Crippen molar-refractivity contribution in [2.75, 3.05) is 17.2 Å². The average Bonchev–Trinajstić information content (AvgIpc) is 3.31. The standard InChI is InChI=1S/C21H21F2N5OS/c1-21(22,23)15-5-2-12(3-6-15)8-16(24)11-25-20-28-27-19(30-20)13-4-7-17-14(9-13)10-18(29)26-17/h2-7,9,16H,8,10-11,24H2,1H3,(H,25,28)(H,26,29)/t16-/m0/s1. The van der Waals surface area contributed by atoms with Crippen molar-refractivity contribution in [1.29, 1.82) is 0 Å². The second-order valence-electron chi connectivity index (χ2n) is 7.44. The van der Waals surface area contributed by atoms with E-state index < -0.39 is 5.92 Å². The Morgan fingerprint density at radius 1 is 1.23 bits per heavy atom. The number of rotatable bonds is 7. The summed E-state index contributed by atoms with van der Waals surface area (Å²) in [5.74, 6) is -2.85. The lowest BCUT2D eigenvalue weighted by molar-refractivity contribution is -0.115. The fraction of sp³-hybridized carbons (Fsp3) is 0.286. The summed E-state index contributed by atoms with van der Waals surface area (Å²) in [4.78, 5) is 11.5. The molecule has 6 nitrogen and oxygen atoms in total. The third-order valence-electron chi connectivity index (χ3n) is 4.88. The van der Waals surface area contributed by atoms with Crippen molar-refractivity contribution in [3.8, 4) is 10.6 Å². The zero-order chi connectivity index (χ0) is 21.3. The number of nitrogens with two attached hydrogens (primary N) is 1. The second kappa shape index (κ2) is 8.08. The van der Waals surface area contributed by atoms with Gasteiger partial charge in [-0.05, 0) is 35.7 Å². The minimum atomic E-state index is -2.84. The lowest BCUT2D eigenvalue weighted by atomic mass is 10.0. The molecular formula is C21H21F2N5OS. The summed E-state index contributed by atoms with van der Waals surface area (Å²) in [6.07, 6.45) is 0.929. The van der Waals surface area contributed by atoms with Crippen LogP contribution >= 0.6 is 11.3 Å². The first-order chi connectivity index (χ1) is 14.3. The fourth-order valence-corrected chi connectivity index (χ4v) is 4.05. The maximum Gasteiger partial charge on any atom is 0.270 e. The number of amides is 1. The summed E-state index contributed by atoms with van der Waals surface area (Å²) >= 11 is 1.41. The zero-order valence-electron chi connectivity index (χ0n) is 16.3. The summed E-state index contributed by atoms with van der Waals surface area (Å²) in [7, 11) is 0. The van der Waals surface area contributed by atoms with Crippen LogP contribution in [-0.4, -0.2) is 28.7 Å². The minimum Gasteiger partial charge on any atom is -0.359 e. The van der Waals surface area contributed by atoms with Gasteiger partial charge < -0.3 is 16.4 Å². The Morgan fingerprint density at radius 3 is 2.73 bits per heavy atom. The smallest absolute Gasteiger partial charge is 0.270 e. The Hall–Kier alpha value is -2.91. The van der Waals surface area contributed by atoms with Crippen molar-refractivity contribution in [3.63, 3.8) is 0 Å². The molecule has 0 aliphatic carbocycles. The molecule has 0 radical (unpaired) electrons. The summed E-state index contributed by atoms with van der Waals surface area (Å²) in [5, 5.41) is 15.8. The summed E-state index contributed by atoms with van der Waals surface area (Å²) in [5.41, 5.74) is 9.77. The number of fused-ring (bicyclic) bond motifs is 1. The highest BCUT2D eigenvalue weighted by molar-refractivity contribution is 7.18. The van der Waals surface area contributed by atoms with E-state index in [1.807, 2.05) is 18.2 Å². The van der Waals surface area contributed by atoms with Gasteiger partial charge in [-0.2, -0.15) is 0 Å². The Bertz CT molecular complexity index is 1060. The van der Waals surface area contributed by atoms with Crippen LogP contribution in [0.25, 0.3) is 10.6 Å². The number of benzene rings is 2. The molecule has 156 valence electrons. The van der Waals surface area contributed by atoms with Gasteiger partial charge in [-0.3, -0.25) is 4.79 Å². The first-order valence-electron chi connectivity index (χ1n) is 9.51. The van der Waals surface area contributed by atoms with Crippen LogP contribution in [0.5, 0.6) is 0 Å².